The molecular weight excluding hydrogens is 409 g/mol. The van der Waals surface area contributed by atoms with E-state index in [2.05, 4.69) is 17.4 Å². The van der Waals surface area contributed by atoms with Crippen molar-refractivity contribution in [1.82, 2.24) is 0 Å². The van der Waals surface area contributed by atoms with Gasteiger partial charge in [0, 0.05) is 31.0 Å². The Bertz CT molecular complexity index is 1150. The number of nitrogens with one attached hydrogen (secondary N) is 1. The molecule has 0 saturated heterocycles. The zero-order valence-electron chi connectivity index (χ0n) is 18.2. The van der Waals surface area contributed by atoms with Crippen LogP contribution in [-0.2, 0) is 24.1 Å². The highest BCUT2D eigenvalue weighted by atomic mass is 19.1. The first-order chi connectivity index (χ1) is 15.4. The van der Waals surface area contributed by atoms with Crippen LogP contribution in [0.2, 0.25) is 0 Å². The Hall–Kier alpha value is -3.54. The Balaban J connectivity index is 1.52. The number of hydrogen-bond acceptors (Lipinski definition) is 4. The summed E-state index contributed by atoms with van der Waals surface area (Å²) >= 11 is 0. The number of anilines is 1. The van der Waals surface area contributed by atoms with E-state index in [4.69, 9.17) is 9.47 Å². The standard InChI is InChI=1S/C26H26FNO4/c1-17-5-3-6-18(13-17)11-12-32-24-14-20(9-10-23(24)31-2)28-26(25(29)30)15-19-7-4-8-22(27)21(19)16-26/h3-10,13-14,28H,11-12,15-16H2,1-2H3,(H,29,30). The molecule has 1 aliphatic carbocycles. The van der Waals surface area contributed by atoms with E-state index in [1.807, 2.05) is 19.1 Å². The van der Waals surface area contributed by atoms with Crippen LogP contribution >= 0.6 is 0 Å². The fourth-order valence-electron chi connectivity index (χ4n) is 4.24. The Morgan fingerprint density at radius 3 is 2.62 bits per heavy atom. The lowest BCUT2D eigenvalue weighted by Gasteiger charge is -2.27. The highest BCUT2D eigenvalue weighted by Gasteiger charge is 2.45. The number of halogens is 1. The van der Waals surface area contributed by atoms with Crippen molar-refractivity contribution in [1.29, 1.82) is 0 Å². The number of methoxy groups -OCH3 is 1. The number of carboxylic acids is 1. The van der Waals surface area contributed by atoms with Gasteiger partial charge in [0.2, 0.25) is 0 Å². The van der Waals surface area contributed by atoms with Crippen LogP contribution in [0.5, 0.6) is 11.5 Å². The lowest BCUT2D eigenvalue weighted by atomic mass is 9.95. The summed E-state index contributed by atoms with van der Waals surface area (Å²) in [6.45, 7) is 2.50. The predicted octanol–water partition coefficient (Wildman–Crippen LogP) is 4.80. The van der Waals surface area contributed by atoms with Crippen LogP contribution in [0.1, 0.15) is 22.3 Å². The first kappa shape index (κ1) is 21.7. The summed E-state index contributed by atoms with van der Waals surface area (Å²) in [7, 11) is 1.56. The highest BCUT2D eigenvalue weighted by Crippen LogP contribution is 2.37. The van der Waals surface area contributed by atoms with E-state index in [0.717, 1.165) is 6.42 Å². The Morgan fingerprint density at radius 1 is 1.09 bits per heavy atom. The van der Waals surface area contributed by atoms with Crippen molar-refractivity contribution in [2.75, 3.05) is 19.0 Å². The van der Waals surface area contributed by atoms with Crippen LogP contribution in [0.3, 0.4) is 0 Å². The summed E-state index contributed by atoms with van der Waals surface area (Å²) in [4.78, 5) is 12.2. The molecule has 0 amide bonds. The fourth-order valence-corrected chi connectivity index (χ4v) is 4.24. The third kappa shape index (κ3) is 4.40. The second-order valence-corrected chi connectivity index (χ2v) is 8.20. The molecule has 5 nitrogen and oxygen atoms in total. The highest BCUT2D eigenvalue weighted by molar-refractivity contribution is 5.85. The van der Waals surface area contributed by atoms with Crippen molar-refractivity contribution in [2.45, 2.75) is 31.7 Å². The van der Waals surface area contributed by atoms with Gasteiger partial charge in [-0.1, -0.05) is 42.0 Å². The first-order valence-corrected chi connectivity index (χ1v) is 10.5. The lowest BCUT2D eigenvalue weighted by molar-refractivity contribution is -0.142. The van der Waals surface area contributed by atoms with Gasteiger partial charge < -0.3 is 19.9 Å². The van der Waals surface area contributed by atoms with Crippen molar-refractivity contribution >= 4 is 11.7 Å². The molecular formula is C26H26FNO4. The average molecular weight is 435 g/mol. The lowest BCUT2D eigenvalue weighted by Crippen LogP contribution is -2.47. The van der Waals surface area contributed by atoms with E-state index in [0.29, 0.717) is 34.9 Å². The zero-order chi connectivity index (χ0) is 22.7. The minimum atomic E-state index is -1.32. The zero-order valence-corrected chi connectivity index (χ0v) is 18.2. The molecule has 166 valence electrons. The SMILES string of the molecule is COc1ccc(NC2(C(=O)O)Cc3cccc(F)c3C2)cc1OCCc1cccc(C)c1. The van der Waals surface area contributed by atoms with Gasteiger partial charge in [-0.05, 0) is 41.8 Å². The molecule has 1 atom stereocenters. The largest absolute Gasteiger partial charge is 0.493 e. The maximum atomic E-state index is 14.2. The molecule has 0 aromatic heterocycles. The Labute approximate surface area is 186 Å². The second kappa shape index (κ2) is 8.91. The molecule has 3 aromatic rings. The maximum Gasteiger partial charge on any atom is 0.330 e. The smallest absolute Gasteiger partial charge is 0.330 e. The van der Waals surface area contributed by atoms with Crippen molar-refractivity contribution in [3.63, 3.8) is 0 Å². The number of aliphatic carboxylic acids is 1. The van der Waals surface area contributed by atoms with Crippen molar-refractivity contribution in [3.05, 3.63) is 88.7 Å². The summed E-state index contributed by atoms with van der Waals surface area (Å²) < 4.78 is 25.6. The fraction of sp³-hybridized carbons (Fsp3) is 0.269. The van der Waals surface area contributed by atoms with Crippen LogP contribution < -0.4 is 14.8 Å². The third-order valence-electron chi connectivity index (χ3n) is 5.87. The molecule has 4 rings (SSSR count). The molecule has 0 bridgehead atoms. The number of aryl methyl sites for hydroxylation is 1. The van der Waals surface area contributed by atoms with Gasteiger partial charge in [-0.25, -0.2) is 9.18 Å². The molecule has 0 saturated carbocycles. The van der Waals surface area contributed by atoms with Gasteiger partial charge in [-0.3, -0.25) is 0 Å². The molecule has 0 spiro atoms. The Kier molecular flexibility index (Phi) is 6.04. The molecule has 32 heavy (non-hydrogen) atoms. The minimum absolute atomic E-state index is 0.0694. The van der Waals surface area contributed by atoms with E-state index < -0.39 is 11.5 Å². The van der Waals surface area contributed by atoms with E-state index in [-0.39, 0.29) is 18.7 Å². The molecule has 1 aliphatic rings. The van der Waals surface area contributed by atoms with Gasteiger partial charge in [-0.15, -0.1) is 0 Å². The number of ether oxygens (including phenoxy) is 2. The van der Waals surface area contributed by atoms with E-state index >= 15 is 0 Å². The molecule has 0 aliphatic heterocycles. The summed E-state index contributed by atoms with van der Waals surface area (Å²) in [6, 6.07) is 18.2. The summed E-state index contributed by atoms with van der Waals surface area (Å²) in [5.74, 6) is -0.314. The molecule has 0 radical (unpaired) electrons. The quantitative estimate of drug-likeness (QED) is 0.532. The third-order valence-corrected chi connectivity index (χ3v) is 5.87. The number of fused-ring (bicyclic) bond motifs is 1. The maximum absolute atomic E-state index is 14.2. The normalized spacial score (nSPS) is 17.0. The van der Waals surface area contributed by atoms with Crippen LogP contribution in [0.25, 0.3) is 0 Å². The summed E-state index contributed by atoms with van der Waals surface area (Å²) in [5.41, 5.74) is 2.78. The summed E-state index contributed by atoms with van der Waals surface area (Å²) in [5, 5.41) is 13.1. The van der Waals surface area contributed by atoms with Crippen molar-refractivity contribution < 1.29 is 23.8 Å². The van der Waals surface area contributed by atoms with Crippen LogP contribution in [0.4, 0.5) is 10.1 Å². The van der Waals surface area contributed by atoms with Gasteiger partial charge in [-0.2, -0.15) is 0 Å². The molecule has 3 aromatic carbocycles. The van der Waals surface area contributed by atoms with Gasteiger partial charge in [0.15, 0.2) is 11.5 Å². The van der Waals surface area contributed by atoms with Gasteiger partial charge >= 0.3 is 5.97 Å². The van der Waals surface area contributed by atoms with Crippen LogP contribution in [0, 0.1) is 12.7 Å². The molecule has 0 fully saturated rings. The minimum Gasteiger partial charge on any atom is -0.493 e. The molecule has 2 N–H and O–H groups in total. The second-order valence-electron chi connectivity index (χ2n) is 8.20. The number of carboxylic acid groups (broad SMARTS) is 1. The molecule has 6 heteroatoms. The molecule has 1 unspecified atom stereocenters. The van der Waals surface area contributed by atoms with Gasteiger partial charge in [0.1, 0.15) is 11.4 Å². The first-order valence-electron chi connectivity index (χ1n) is 10.5. The molecule has 0 heterocycles. The number of hydrogen-bond donors (Lipinski definition) is 2. The van der Waals surface area contributed by atoms with Crippen molar-refractivity contribution in [3.8, 4) is 11.5 Å². The number of rotatable bonds is 8. The predicted molar refractivity (Wildman–Crippen MR) is 121 cm³/mol. The van der Waals surface area contributed by atoms with Gasteiger partial charge in [0.05, 0.1) is 13.7 Å². The van der Waals surface area contributed by atoms with Crippen molar-refractivity contribution in [2.24, 2.45) is 0 Å². The monoisotopic (exact) mass is 435 g/mol. The average Bonchev–Trinajstić information content (AvgIpc) is 3.15. The summed E-state index contributed by atoms with van der Waals surface area (Å²) in [6.07, 6.45) is 1.00. The topological polar surface area (TPSA) is 67.8 Å². The van der Waals surface area contributed by atoms with E-state index in [9.17, 15) is 14.3 Å². The van der Waals surface area contributed by atoms with Gasteiger partial charge in [0.25, 0.3) is 0 Å². The number of benzene rings is 3. The van der Waals surface area contributed by atoms with Crippen LogP contribution in [0.15, 0.2) is 60.7 Å². The Morgan fingerprint density at radius 2 is 1.91 bits per heavy atom. The number of carbonyl (C=O) groups is 1. The van der Waals surface area contributed by atoms with E-state index in [1.54, 1.807) is 37.4 Å². The van der Waals surface area contributed by atoms with E-state index in [1.165, 1.54) is 17.2 Å². The van der Waals surface area contributed by atoms with Crippen LogP contribution in [-0.4, -0.2) is 30.3 Å².